The van der Waals surface area contributed by atoms with Crippen molar-refractivity contribution in [2.75, 3.05) is 31.2 Å². The van der Waals surface area contributed by atoms with Crippen LogP contribution < -0.4 is 5.32 Å². The second-order valence-electron chi connectivity index (χ2n) is 6.32. The standard InChI is InChI=1S/C16H21N3O5S2/c1-26(22,23)15-10-12(19(20)21)16(25-15)17-11-13(14-6-5-9-24-14)18-7-3-2-4-8-18/h5-6,9-10,13,17H,2-4,7-8,11H2,1H3. The topological polar surface area (TPSA) is 106 Å². The number of sulfone groups is 1. The van der Waals surface area contributed by atoms with Gasteiger partial charge in [0.15, 0.2) is 14.8 Å². The zero-order chi connectivity index (χ0) is 18.7. The van der Waals surface area contributed by atoms with Crippen LogP contribution in [0, 0.1) is 10.1 Å². The van der Waals surface area contributed by atoms with Gasteiger partial charge in [-0.15, -0.1) is 0 Å². The summed E-state index contributed by atoms with van der Waals surface area (Å²) < 4.78 is 29.0. The minimum Gasteiger partial charge on any atom is -0.468 e. The number of piperidine rings is 1. The van der Waals surface area contributed by atoms with Crippen LogP contribution in [0.2, 0.25) is 0 Å². The van der Waals surface area contributed by atoms with Crippen molar-refractivity contribution in [3.05, 3.63) is 40.3 Å². The first-order valence-electron chi connectivity index (χ1n) is 8.36. The molecule has 26 heavy (non-hydrogen) atoms. The monoisotopic (exact) mass is 399 g/mol. The van der Waals surface area contributed by atoms with Gasteiger partial charge in [0.1, 0.15) is 9.97 Å². The maximum Gasteiger partial charge on any atom is 0.304 e. The van der Waals surface area contributed by atoms with E-state index in [0.717, 1.165) is 55.4 Å². The number of hydrogen-bond acceptors (Lipinski definition) is 8. The Bertz CT molecular complexity index is 855. The Hall–Kier alpha value is -1.91. The summed E-state index contributed by atoms with van der Waals surface area (Å²) in [6, 6.07) is 4.77. The van der Waals surface area contributed by atoms with Crippen LogP contribution in [0.25, 0.3) is 0 Å². The molecule has 0 spiro atoms. The number of nitro groups is 1. The molecule has 10 heteroatoms. The molecule has 1 atom stereocenters. The average Bonchev–Trinajstić information content (AvgIpc) is 3.25. The summed E-state index contributed by atoms with van der Waals surface area (Å²) in [7, 11) is -3.50. The molecule has 1 N–H and O–H groups in total. The summed E-state index contributed by atoms with van der Waals surface area (Å²) in [4.78, 5) is 13.0. The lowest BCUT2D eigenvalue weighted by Crippen LogP contribution is -2.37. The Kier molecular flexibility index (Phi) is 5.64. The maximum absolute atomic E-state index is 11.7. The van der Waals surface area contributed by atoms with Crippen LogP contribution in [-0.4, -0.2) is 44.1 Å². The Morgan fingerprint density at radius 3 is 2.69 bits per heavy atom. The summed E-state index contributed by atoms with van der Waals surface area (Å²) in [6.45, 7) is 2.28. The third-order valence-corrected chi connectivity index (χ3v) is 7.29. The zero-order valence-corrected chi connectivity index (χ0v) is 16.0. The molecular weight excluding hydrogens is 378 g/mol. The molecule has 2 aromatic heterocycles. The van der Waals surface area contributed by atoms with Crippen molar-refractivity contribution >= 4 is 31.9 Å². The fourth-order valence-electron chi connectivity index (χ4n) is 3.11. The molecule has 3 heterocycles. The van der Waals surface area contributed by atoms with Crippen LogP contribution in [0.1, 0.15) is 31.1 Å². The van der Waals surface area contributed by atoms with Gasteiger partial charge in [0.05, 0.1) is 17.2 Å². The van der Waals surface area contributed by atoms with E-state index in [4.69, 9.17) is 4.42 Å². The summed E-state index contributed by atoms with van der Waals surface area (Å²) in [5.41, 5.74) is -0.215. The van der Waals surface area contributed by atoms with Crippen molar-refractivity contribution < 1.29 is 17.8 Å². The van der Waals surface area contributed by atoms with Gasteiger partial charge in [0.25, 0.3) is 0 Å². The van der Waals surface area contributed by atoms with E-state index in [0.29, 0.717) is 6.54 Å². The van der Waals surface area contributed by atoms with Gasteiger partial charge in [-0.1, -0.05) is 17.8 Å². The molecule has 1 aliphatic heterocycles. The minimum absolute atomic E-state index is 0.0146. The van der Waals surface area contributed by atoms with Gasteiger partial charge in [0, 0.05) is 18.9 Å². The average molecular weight is 399 g/mol. The summed E-state index contributed by atoms with van der Waals surface area (Å²) in [6.07, 6.45) is 6.07. The highest BCUT2D eigenvalue weighted by Gasteiger charge is 2.28. The van der Waals surface area contributed by atoms with Crippen molar-refractivity contribution in [2.24, 2.45) is 0 Å². The summed E-state index contributed by atoms with van der Waals surface area (Å²) in [5.74, 6) is 0.793. The summed E-state index contributed by atoms with van der Waals surface area (Å²) >= 11 is 0.891. The van der Waals surface area contributed by atoms with E-state index >= 15 is 0 Å². The predicted molar refractivity (Wildman–Crippen MR) is 99.4 cm³/mol. The predicted octanol–water partition coefficient (Wildman–Crippen LogP) is 3.29. The molecule has 2 aromatic rings. The Balaban J connectivity index is 1.82. The normalized spacial score (nSPS) is 17.1. The van der Waals surface area contributed by atoms with Gasteiger partial charge in [-0.3, -0.25) is 15.0 Å². The van der Waals surface area contributed by atoms with E-state index in [1.165, 1.54) is 6.42 Å². The molecule has 8 nitrogen and oxygen atoms in total. The van der Waals surface area contributed by atoms with Crippen LogP contribution >= 0.6 is 11.3 Å². The Labute approximate surface area is 155 Å². The van der Waals surface area contributed by atoms with Crippen molar-refractivity contribution in [1.29, 1.82) is 0 Å². The number of thiophene rings is 1. The van der Waals surface area contributed by atoms with E-state index in [1.54, 1.807) is 6.26 Å². The molecule has 1 aliphatic rings. The van der Waals surface area contributed by atoms with Gasteiger partial charge in [-0.05, 0) is 38.1 Å². The van der Waals surface area contributed by atoms with E-state index < -0.39 is 14.8 Å². The number of furan rings is 1. The lowest BCUT2D eigenvalue weighted by atomic mass is 10.1. The van der Waals surface area contributed by atoms with Crippen molar-refractivity contribution in [1.82, 2.24) is 4.90 Å². The van der Waals surface area contributed by atoms with Crippen LogP contribution in [-0.2, 0) is 9.84 Å². The van der Waals surface area contributed by atoms with Crippen LogP contribution in [0.15, 0.2) is 33.1 Å². The molecular formula is C16H21N3O5S2. The summed E-state index contributed by atoms with van der Waals surface area (Å²) in [5, 5.41) is 14.6. The SMILES string of the molecule is CS(=O)(=O)c1cc([N+](=O)[O-])c(NCC(c2ccco2)N2CCCCC2)s1. The number of nitrogens with zero attached hydrogens (tertiary/aromatic N) is 2. The minimum atomic E-state index is -3.50. The van der Waals surface area contributed by atoms with Crippen LogP contribution in [0.4, 0.5) is 10.7 Å². The second kappa shape index (κ2) is 7.77. The largest absolute Gasteiger partial charge is 0.468 e. The van der Waals surface area contributed by atoms with Gasteiger partial charge >= 0.3 is 5.69 Å². The van der Waals surface area contributed by atoms with Gasteiger partial charge in [-0.2, -0.15) is 0 Å². The van der Waals surface area contributed by atoms with Crippen LogP contribution in [0.5, 0.6) is 0 Å². The molecule has 142 valence electrons. The molecule has 0 aliphatic carbocycles. The molecule has 0 amide bonds. The highest BCUT2D eigenvalue weighted by Crippen LogP contribution is 2.38. The molecule has 3 rings (SSSR count). The molecule has 1 saturated heterocycles. The molecule has 0 aromatic carbocycles. The first kappa shape index (κ1) is 18.9. The molecule has 0 saturated carbocycles. The zero-order valence-electron chi connectivity index (χ0n) is 14.4. The third-order valence-electron chi connectivity index (χ3n) is 4.41. The lowest BCUT2D eigenvalue weighted by Gasteiger charge is -2.33. The second-order valence-corrected chi connectivity index (χ2v) is 9.61. The Morgan fingerprint density at radius 2 is 2.12 bits per heavy atom. The number of hydrogen-bond donors (Lipinski definition) is 1. The van der Waals surface area contributed by atoms with Crippen molar-refractivity contribution in [3.63, 3.8) is 0 Å². The fraction of sp³-hybridized carbons (Fsp3) is 0.500. The number of anilines is 1. The van der Waals surface area contributed by atoms with Gasteiger partial charge in [0.2, 0.25) is 0 Å². The van der Waals surface area contributed by atoms with E-state index in [2.05, 4.69) is 10.2 Å². The van der Waals surface area contributed by atoms with E-state index in [1.807, 2.05) is 12.1 Å². The number of nitrogens with one attached hydrogen (secondary N) is 1. The molecule has 1 unspecified atom stereocenters. The van der Waals surface area contributed by atoms with Crippen molar-refractivity contribution in [2.45, 2.75) is 29.5 Å². The van der Waals surface area contributed by atoms with Gasteiger partial charge in [-0.25, -0.2) is 8.42 Å². The van der Waals surface area contributed by atoms with Gasteiger partial charge < -0.3 is 9.73 Å². The van der Waals surface area contributed by atoms with E-state index in [9.17, 15) is 18.5 Å². The van der Waals surface area contributed by atoms with Crippen LogP contribution in [0.3, 0.4) is 0 Å². The molecule has 0 radical (unpaired) electrons. The van der Waals surface area contributed by atoms with E-state index in [-0.39, 0.29) is 20.9 Å². The quantitative estimate of drug-likeness (QED) is 0.562. The fourth-order valence-corrected chi connectivity index (χ4v) is 5.06. The highest BCUT2D eigenvalue weighted by molar-refractivity contribution is 7.92. The highest BCUT2D eigenvalue weighted by atomic mass is 32.2. The first-order valence-corrected chi connectivity index (χ1v) is 11.1. The molecule has 0 bridgehead atoms. The number of likely N-dealkylation sites (tertiary alicyclic amines) is 1. The molecule has 1 fully saturated rings. The van der Waals surface area contributed by atoms with Crippen molar-refractivity contribution in [3.8, 4) is 0 Å². The Morgan fingerprint density at radius 1 is 1.38 bits per heavy atom. The smallest absolute Gasteiger partial charge is 0.304 e. The maximum atomic E-state index is 11.7. The first-order chi connectivity index (χ1) is 12.4. The third kappa shape index (κ3) is 4.25. The lowest BCUT2D eigenvalue weighted by molar-refractivity contribution is -0.383. The number of rotatable bonds is 7.